The molecule has 4 aromatic heterocycles. The van der Waals surface area contributed by atoms with Crippen molar-refractivity contribution >= 4 is 40.5 Å². The summed E-state index contributed by atoms with van der Waals surface area (Å²) < 4.78 is 2.03. The largest absolute Gasteiger partial charge is 0.384 e. The first-order valence-corrected chi connectivity index (χ1v) is 14.8. The van der Waals surface area contributed by atoms with Gasteiger partial charge in [-0.3, -0.25) is 14.3 Å². The fraction of sp³-hybridized carbons (Fsp3) is 0.290. The summed E-state index contributed by atoms with van der Waals surface area (Å²) in [6.45, 7) is 5.98. The van der Waals surface area contributed by atoms with Gasteiger partial charge >= 0.3 is 0 Å². The zero-order valence-electron chi connectivity index (χ0n) is 24.3. The first kappa shape index (κ1) is 27.5. The van der Waals surface area contributed by atoms with Gasteiger partial charge < -0.3 is 26.6 Å². The van der Waals surface area contributed by atoms with Crippen LogP contribution in [0.4, 0.5) is 23.4 Å². The Bertz CT molecular complexity index is 1800. The van der Waals surface area contributed by atoms with E-state index in [4.69, 9.17) is 21.4 Å². The predicted molar refractivity (Wildman–Crippen MR) is 170 cm³/mol. The van der Waals surface area contributed by atoms with Crippen LogP contribution in [0.25, 0.3) is 28.2 Å². The van der Waals surface area contributed by atoms with Crippen LogP contribution < -0.4 is 26.6 Å². The third-order valence-electron chi connectivity index (χ3n) is 8.07. The maximum atomic E-state index is 12.3. The van der Waals surface area contributed by atoms with Crippen LogP contribution in [0.1, 0.15) is 12.0 Å². The number of nitrogens with two attached hydrogens (primary N) is 2. The van der Waals surface area contributed by atoms with Crippen molar-refractivity contribution in [1.82, 2.24) is 39.7 Å². The number of pyridine rings is 2. The Morgan fingerprint density at radius 3 is 2.45 bits per heavy atom. The molecule has 0 spiro atoms. The van der Waals surface area contributed by atoms with Gasteiger partial charge in [0.25, 0.3) is 0 Å². The molecule has 2 saturated heterocycles. The number of fused-ring (bicyclic) bond motifs is 1. The predicted octanol–water partition coefficient (Wildman–Crippen LogP) is 2.09. The van der Waals surface area contributed by atoms with E-state index < -0.39 is 0 Å². The maximum absolute atomic E-state index is 12.3. The Balaban J connectivity index is 1.17. The number of aromatic nitrogens is 6. The summed E-state index contributed by atoms with van der Waals surface area (Å²) in [6.07, 6.45) is 4.23. The first-order valence-electron chi connectivity index (χ1n) is 14.8. The number of imidazole rings is 1. The normalized spacial score (nSPS) is 16.2. The fourth-order valence-electron chi connectivity index (χ4n) is 5.79. The number of carbonyl (C=O) groups excluding carboxylic acids is 1. The number of nitrogens with zero attached hydrogens (tertiary/aromatic N) is 9. The minimum atomic E-state index is -0.00294. The standard InChI is InChI=1S/C31H34N12O/c32-25-10-13-36-31(38-25)41-17-15-40(16-18-41)19-21-4-6-22(7-5-21)43-29(23-3-1-11-35-28(23)33)37-24-8-9-26(39-30(24)43)42-14-2-12-34-27(44)20-42/h1,3-11,13H,2,12,14-20H2,(H2,33,35)(H,34,44)(H2,32,36,38). The number of benzene rings is 1. The van der Waals surface area contributed by atoms with Gasteiger partial charge in [0, 0.05) is 63.9 Å². The third kappa shape index (κ3) is 5.56. The van der Waals surface area contributed by atoms with Crippen molar-refractivity contribution in [3.8, 4) is 17.1 Å². The van der Waals surface area contributed by atoms with E-state index in [0.717, 1.165) is 68.3 Å². The van der Waals surface area contributed by atoms with Crippen LogP contribution >= 0.6 is 0 Å². The summed E-state index contributed by atoms with van der Waals surface area (Å²) >= 11 is 0. The number of amides is 1. The van der Waals surface area contributed by atoms with Crippen LogP contribution in [-0.4, -0.2) is 86.1 Å². The van der Waals surface area contributed by atoms with E-state index >= 15 is 0 Å². The lowest BCUT2D eigenvalue weighted by Gasteiger charge is -2.34. The lowest BCUT2D eigenvalue weighted by atomic mass is 10.1. The van der Waals surface area contributed by atoms with Gasteiger partial charge in [-0.2, -0.15) is 4.98 Å². The summed E-state index contributed by atoms with van der Waals surface area (Å²) in [5.41, 5.74) is 16.4. The van der Waals surface area contributed by atoms with E-state index in [-0.39, 0.29) is 12.5 Å². The zero-order valence-corrected chi connectivity index (χ0v) is 24.3. The molecule has 6 heterocycles. The van der Waals surface area contributed by atoms with E-state index in [1.807, 2.05) is 33.7 Å². The first-order chi connectivity index (χ1) is 21.5. The molecule has 224 valence electrons. The minimum Gasteiger partial charge on any atom is -0.384 e. The van der Waals surface area contributed by atoms with Gasteiger partial charge in [0.2, 0.25) is 11.9 Å². The average Bonchev–Trinajstić information content (AvgIpc) is 3.27. The average molecular weight is 591 g/mol. The van der Waals surface area contributed by atoms with Crippen molar-refractivity contribution in [3.63, 3.8) is 0 Å². The zero-order chi connectivity index (χ0) is 30.0. The molecule has 2 aliphatic rings. The molecular weight excluding hydrogens is 556 g/mol. The number of nitrogens with one attached hydrogen (secondary N) is 1. The fourth-order valence-corrected chi connectivity index (χ4v) is 5.79. The molecule has 0 radical (unpaired) electrons. The van der Waals surface area contributed by atoms with Crippen LogP contribution in [0.3, 0.4) is 0 Å². The highest BCUT2D eigenvalue weighted by Gasteiger charge is 2.22. The van der Waals surface area contributed by atoms with Crippen LogP contribution in [0.15, 0.2) is 67.0 Å². The Hall–Kier alpha value is -5.30. The molecule has 0 unspecified atom stereocenters. The van der Waals surface area contributed by atoms with Crippen molar-refractivity contribution in [3.05, 3.63) is 72.6 Å². The molecule has 2 fully saturated rings. The molecule has 5 aromatic rings. The molecule has 0 saturated carbocycles. The number of hydrogen-bond donors (Lipinski definition) is 3. The second-order valence-corrected chi connectivity index (χ2v) is 11.1. The topological polar surface area (TPSA) is 160 Å². The number of rotatable bonds is 6. The second kappa shape index (κ2) is 11.8. The minimum absolute atomic E-state index is 0.00294. The molecule has 1 amide bonds. The smallest absolute Gasteiger partial charge is 0.239 e. The number of carbonyl (C=O) groups is 1. The van der Waals surface area contributed by atoms with Crippen LogP contribution in [-0.2, 0) is 11.3 Å². The van der Waals surface area contributed by atoms with E-state index in [0.29, 0.717) is 35.6 Å². The molecule has 5 N–H and O–H groups in total. The van der Waals surface area contributed by atoms with Gasteiger partial charge in [-0.1, -0.05) is 12.1 Å². The molecule has 44 heavy (non-hydrogen) atoms. The van der Waals surface area contributed by atoms with Crippen molar-refractivity contribution in [1.29, 1.82) is 0 Å². The highest BCUT2D eigenvalue weighted by Crippen LogP contribution is 2.31. The summed E-state index contributed by atoms with van der Waals surface area (Å²) in [7, 11) is 0. The molecule has 0 atom stereocenters. The lowest BCUT2D eigenvalue weighted by molar-refractivity contribution is -0.119. The molecule has 13 nitrogen and oxygen atoms in total. The van der Waals surface area contributed by atoms with Crippen molar-refractivity contribution in [2.24, 2.45) is 0 Å². The molecule has 2 aliphatic heterocycles. The monoisotopic (exact) mass is 590 g/mol. The molecule has 13 heteroatoms. The van der Waals surface area contributed by atoms with Gasteiger partial charge in [0.15, 0.2) is 11.5 Å². The molecular formula is C31H34N12O. The maximum Gasteiger partial charge on any atom is 0.239 e. The van der Waals surface area contributed by atoms with Crippen LogP contribution in [0.5, 0.6) is 0 Å². The van der Waals surface area contributed by atoms with Crippen LogP contribution in [0.2, 0.25) is 0 Å². The van der Waals surface area contributed by atoms with Gasteiger partial charge in [0.05, 0.1) is 12.1 Å². The Labute approximate surface area is 254 Å². The summed E-state index contributed by atoms with van der Waals surface area (Å²) in [5, 5.41) is 2.93. The van der Waals surface area contributed by atoms with Crippen molar-refractivity contribution < 1.29 is 4.79 Å². The highest BCUT2D eigenvalue weighted by atomic mass is 16.2. The Morgan fingerprint density at radius 1 is 0.818 bits per heavy atom. The third-order valence-corrected chi connectivity index (χ3v) is 8.07. The van der Waals surface area contributed by atoms with E-state index in [1.165, 1.54) is 5.56 Å². The Morgan fingerprint density at radius 2 is 1.66 bits per heavy atom. The summed E-state index contributed by atoms with van der Waals surface area (Å²) in [6, 6.07) is 17.8. The SMILES string of the molecule is Nc1ccnc(N2CCN(Cc3ccc(-n4c(-c5cccnc5N)nc5ccc(N6CCCNC(=O)C6)nc54)cc3)CC2)n1. The van der Waals surface area contributed by atoms with Gasteiger partial charge in [0.1, 0.15) is 23.0 Å². The quantitative estimate of drug-likeness (QED) is 0.266. The summed E-state index contributed by atoms with van der Waals surface area (Å²) in [5.74, 6) is 2.96. The highest BCUT2D eigenvalue weighted by molar-refractivity contribution is 5.85. The van der Waals surface area contributed by atoms with E-state index in [1.54, 1.807) is 18.5 Å². The van der Waals surface area contributed by atoms with Crippen molar-refractivity contribution in [2.45, 2.75) is 13.0 Å². The second-order valence-electron chi connectivity index (χ2n) is 11.1. The number of hydrogen-bond acceptors (Lipinski definition) is 11. The van der Waals surface area contributed by atoms with Crippen molar-refractivity contribution in [2.75, 3.05) is 67.1 Å². The molecule has 1 aromatic carbocycles. The van der Waals surface area contributed by atoms with Gasteiger partial charge in [-0.05, 0) is 54.4 Å². The number of piperazine rings is 1. The molecule has 7 rings (SSSR count). The van der Waals surface area contributed by atoms with E-state index in [2.05, 4.69) is 54.3 Å². The number of nitrogen functional groups attached to an aromatic ring is 2. The molecule has 0 aliphatic carbocycles. The molecule has 0 bridgehead atoms. The van der Waals surface area contributed by atoms with Gasteiger partial charge in [-0.25, -0.2) is 19.9 Å². The Kier molecular flexibility index (Phi) is 7.36. The lowest BCUT2D eigenvalue weighted by Crippen LogP contribution is -2.46. The van der Waals surface area contributed by atoms with Gasteiger partial charge in [-0.15, -0.1) is 0 Å². The van der Waals surface area contributed by atoms with E-state index in [9.17, 15) is 4.79 Å². The summed E-state index contributed by atoms with van der Waals surface area (Å²) in [4.78, 5) is 41.9. The van der Waals surface area contributed by atoms with Crippen LogP contribution in [0, 0.1) is 0 Å². The number of anilines is 4.